The fourth-order valence-electron chi connectivity index (χ4n) is 2.62. The molecule has 0 bridgehead atoms. The van der Waals surface area contributed by atoms with Crippen LogP contribution in [0.4, 0.5) is 0 Å². The third kappa shape index (κ3) is 2.51. The third-order valence-corrected chi connectivity index (χ3v) is 3.69. The Morgan fingerprint density at radius 2 is 1.30 bits per heavy atom. The molecule has 4 heteroatoms. The lowest BCUT2D eigenvalue weighted by atomic mass is 10.0. The second-order valence-corrected chi connectivity index (χ2v) is 5.18. The van der Waals surface area contributed by atoms with Crippen molar-refractivity contribution in [1.29, 1.82) is 0 Å². The molecule has 110 valence electrons. The molecule has 4 aromatic rings. The van der Waals surface area contributed by atoms with Crippen molar-refractivity contribution in [3.05, 3.63) is 72.8 Å². The fourth-order valence-corrected chi connectivity index (χ4v) is 2.62. The molecule has 23 heavy (non-hydrogen) atoms. The average Bonchev–Trinajstić information content (AvgIpc) is 2.61. The summed E-state index contributed by atoms with van der Waals surface area (Å²) in [5.41, 5.74) is 1.71. The number of rotatable bonds is 2. The van der Waals surface area contributed by atoms with Crippen LogP contribution in [0.25, 0.3) is 33.5 Å². The first kappa shape index (κ1) is 13.4. The van der Waals surface area contributed by atoms with E-state index < -0.39 is 0 Å². The van der Waals surface area contributed by atoms with Gasteiger partial charge in [0.05, 0.1) is 0 Å². The van der Waals surface area contributed by atoms with Crippen LogP contribution >= 0.6 is 0 Å². The van der Waals surface area contributed by atoms with E-state index in [1.165, 1.54) is 0 Å². The zero-order chi connectivity index (χ0) is 15.6. The van der Waals surface area contributed by atoms with E-state index in [-0.39, 0.29) is 6.01 Å². The molecule has 0 aliphatic carbocycles. The molecule has 0 aliphatic heterocycles. The monoisotopic (exact) mass is 299 g/mol. The van der Waals surface area contributed by atoms with Crippen molar-refractivity contribution in [2.45, 2.75) is 0 Å². The highest BCUT2D eigenvalue weighted by Crippen LogP contribution is 2.28. The molecule has 0 saturated heterocycles. The Kier molecular flexibility index (Phi) is 3.20. The Bertz CT molecular complexity index is 979. The van der Waals surface area contributed by atoms with Gasteiger partial charge in [-0.05, 0) is 10.8 Å². The van der Waals surface area contributed by atoms with E-state index in [0.29, 0.717) is 11.6 Å². The molecular formula is C19H13N3O. The molecule has 1 aromatic heterocycles. The number of hydrogen-bond donors (Lipinski definition) is 1. The topological polar surface area (TPSA) is 58.9 Å². The summed E-state index contributed by atoms with van der Waals surface area (Å²) in [6.07, 6.45) is 0. The van der Waals surface area contributed by atoms with Crippen molar-refractivity contribution in [3.63, 3.8) is 0 Å². The first-order valence-corrected chi connectivity index (χ1v) is 7.30. The predicted molar refractivity (Wildman–Crippen MR) is 89.9 cm³/mol. The van der Waals surface area contributed by atoms with Crippen LogP contribution in [0, 0.1) is 0 Å². The minimum absolute atomic E-state index is 0.276. The van der Waals surface area contributed by atoms with Crippen LogP contribution in [-0.2, 0) is 0 Å². The van der Waals surface area contributed by atoms with Crippen LogP contribution in [0.15, 0.2) is 72.8 Å². The van der Waals surface area contributed by atoms with Crippen molar-refractivity contribution < 1.29 is 5.11 Å². The molecule has 0 atom stereocenters. The smallest absolute Gasteiger partial charge is 0.318 e. The van der Waals surface area contributed by atoms with Crippen molar-refractivity contribution in [2.24, 2.45) is 0 Å². The maximum atomic E-state index is 9.93. The second kappa shape index (κ2) is 5.50. The second-order valence-electron chi connectivity index (χ2n) is 5.18. The van der Waals surface area contributed by atoms with Crippen LogP contribution < -0.4 is 0 Å². The summed E-state index contributed by atoms with van der Waals surface area (Å²) >= 11 is 0. The Morgan fingerprint density at radius 3 is 2.17 bits per heavy atom. The summed E-state index contributed by atoms with van der Waals surface area (Å²) in [5.74, 6) is 0.925. The van der Waals surface area contributed by atoms with Gasteiger partial charge in [0.1, 0.15) is 0 Å². The van der Waals surface area contributed by atoms with Crippen LogP contribution in [0.2, 0.25) is 0 Å². The van der Waals surface area contributed by atoms with E-state index in [4.69, 9.17) is 0 Å². The highest BCUT2D eigenvalue weighted by atomic mass is 16.3. The molecule has 1 heterocycles. The van der Waals surface area contributed by atoms with E-state index in [1.807, 2.05) is 72.8 Å². The highest BCUT2D eigenvalue weighted by molar-refractivity contribution is 5.95. The number of aromatic hydroxyl groups is 1. The van der Waals surface area contributed by atoms with Gasteiger partial charge >= 0.3 is 6.01 Å². The SMILES string of the molecule is Oc1nc(-c2ccccc2)nc(-c2cccc3ccccc23)n1. The summed E-state index contributed by atoms with van der Waals surface area (Å²) in [6.45, 7) is 0. The Labute approximate surface area is 133 Å². The van der Waals surface area contributed by atoms with Gasteiger partial charge in [0.15, 0.2) is 11.6 Å². The van der Waals surface area contributed by atoms with Gasteiger partial charge < -0.3 is 5.11 Å². The number of aromatic nitrogens is 3. The zero-order valence-corrected chi connectivity index (χ0v) is 12.2. The summed E-state index contributed by atoms with van der Waals surface area (Å²) in [7, 11) is 0. The fraction of sp³-hybridized carbons (Fsp3) is 0. The number of fused-ring (bicyclic) bond motifs is 1. The first-order valence-electron chi connectivity index (χ1n) is 7.30. The Balaban J connectivity index is 1.94. The van der Waals surface area contributed by atoms with Gasteiger partial charge in [-0.15, -0.1) is 0 Å². The molecule has 4 rings (SSSR count). The molecule has 0 saturated carbocycles. The highest BCUT2D eigenvalue weighted by Gasteiger charge is 2.11. The molecule has 0 spiro atoms. The molecule has 0 unspecified atom stereocenters. The average molecular weight is 299 g/mol. The number of hydrogen-bond acceptors (Lipinski definition) is 4. The zero-order valence-electron chi connectivity index (χ0n) is 12.2. The largest absolute Gasteiger partial charge is 0.479 e. The van der Waals surface area contributed by atoms with E-state index >= 15 is 0 Å². The van der Waals surface area contributed by atoms with Crippen LogP contribution in [0.1, 0.15) is 0 Å². The standard InChI is InChI=1S/C19H13N3O/c23-19-21-17(14-8-2-1-3-9-14)20-18(22-19)16-12-6-10-13-7-4-5-11-15(13)16/h1-12H,(H,20,21,22,23). The maximum absolute atomic E-state index is 9.93. The molecule has 0 amide bonds. The maximum Gasteiger partial charge on any atom is 0.318 e. The minimum atomic E-state index is -0.276. The van der Waals surface area contributed by atoms with Crippen LogP contribution in [0.5, 0.6) is 6.01 Å². The molecular weight excluding hydrogens is 286 g/mol. The summed E-state index contributed by atoms with van der Waals surface area (Å²) in [6, 6.07) is 23.3. The van der Waals surface area contributed by atoms with Crippen molar-refractivity contribution >= 4 is 10.8 Å². The molecule has 0 radical (unpaired) electrons. The van der Waals surface area contributed by atoms with Crippen LogP contribution in [0.3, 0.4) is 0 Å². The third-order valence-electron chi connectivity index (χ3n) is 3.69. The van der Waals surface area contributed by atoms with Gasteiger partial charge in [-0.1, -0.05) is 72.8 Å². The Hall–Kier alpha value is -3.27. The van der Waals surface area contributed by atoms with Gasteiger partial charge in [0, 0.05) is 11.1 Å². The van der Waals surface area contributed by atoms with Gasteiger partial charge in [-0.25, -0.2) is 4.98 Å². The molecule has 0 fully saturated rings. The van der Waals surface area contributed by atoms with Gasteiger partial charge in [-0.3, -0.25) is 0 Å². The van der Waals surface area contributed by atoms with Crippen molar-refractivity contribution in [2.75, 3.05) is 0 Å². The summed E-state index contributed by atoms with van der Waals surface area (Å²) in [4.78, 5) is 12.7. The summed E-state index contributed by atoms with van der Waals surface area (Å²) in [5, 5.41) is 12.1. The van der Waals surface area contributed by atoms with Crippen molar-refractivity contribution in [1.82, 2.24) is 15.0 Å². The van der Waals surface area contributed by atoms with E-state index in [9.17, 15) is 5.11 Å². The van der Waals surface area contributed by atoms with E-state index in [1.54, 1.807) is 0 Å². The van der Waals surface area contributed by atoms with Crippen LogP contribution in [-0.4, -0.2) is 20.1 Å². The molecule has 3 aromatic carbocycles. The lowest BCUT2D eigenvalue weighted by molar-refractivity contribution is 0.430. The lowest BCUT2D eigenvalue weighted by Gasteiger charge is -2.07. The molecule has 1 N–H and O–H groups in total. The van der Waals surface area contributed by atoms with Gasteiger partial charge in [0.25, 0.3) is 0 Å². The normalized spacial score (nSPS) is 10.8. The first-order chi connectivity index (χ1) is 11.3. The predicted octanol–water partition coefficient (Wildman–Crippen LogP) is 4.06. The number of benzene rings is 3. The minimum Gasteiger partial charge on any atom is -0.479 e. The lowest BCUT2D eigenvalue weighted by Crippen LogP contribution is -1.97. The Morgan fingerprint density at radius 1 is 0.609 bits per heavy atom. The van der Waals surface area contributed by atoms with E-state index in [0.717, 1.165) is 21.9 Å². The van der Waals surface area contributed by atoms with E-state index in [2.05, 4.69) is 15.0 Å². The quantitative estimate of drug-likeness (QED) is 0.606. The van der Waals surface area contributed by atoms with Gasteiger partial charge in [0.2, 0.25) is 0 Å². The number of nitrogens with zero attached hydrogens (tertiary/aromatic N) is 3. The van der Waals surface area contributed by atoms with Gasteiger partial charge in [-0.2, -0.15) is 9.97 Å². The summed E-state index contributed by atoms with van der Waals surface area (Å²) < 4.78 is 0. The van der Waals surface area contributed by atoms with Crippen molar-refractivity contribution in [3.8, 4) is 28.8 Å². The molecule has 4 nitrogen and oxygen atoms in total. The molecule has 0 aliphatic rings.